The number of anilines is 1. The second-order valence-electron chi connectivity index (χ2n) is 6.12. The maximum atomic E-state index is 13.4. The quantitative estimate of drug-likeness (QED) is 0.836. The Balaban J connectivity index is 1.84. The Hall–Kier alpha value is -1.09. The van der Waals surface area contributed by atoms with Crippen LogP contribution in [-0.4, -0.2) is 25.2 Å². The van der Waals surface area contributed by atoms with Gasteiger partial charge in [0.05, 0.1) is 0 Å². The number of hydrogen-bond donors (Lipinski definition) is 1. The molecule has 1 N–H and O–H groups in total. The van der Waals surface area contributed by atoms with Gasteiger partial charge in [-0.1, -0.05) is 12.8 Å². The highest BCUT2D eigenvalue weighted by Gasteiger charge is 2.36. The lowest BCUT2D eigenvalue weighted by atomic mass is 9.97. The van der Waals surface area contributed by atoms with E-state index in [9.17, 15) is 4.39 Å². The second-order valence-corrected chi connectivity index (χ2v) is 6.12. The molecule has 1 heterocycles. The minimum Gasteiger partial charge on any atom is -0.370 e. The van der Waals surface area contributed by atoms with Crippen LogP contribution in [0.15, 0.2) is 18.2 Å². The average Bonchev–Trinajstić information content (AvgIpc) is 2.74. The van der Waals surface area contributed by atoms with E-state index in [2.05, 4.69) is 10.2 Å². The second kappa shape index (κ2) is 5.12. The van der Waals surface area contributed by atoms with Crippen LogP contribution in [0.5, 0.6) is 0 Å². The van der Waals surface area contributed by atoms with Crippen molar-refractivity contribution in [3.8, 4) is 0 Å². The highest BCUT2D eigenvalue weighted by molar-refractivity contribution is 5.49. The molecule has 1 aliphatic carbocycles. The average molecular weight is 262 g/mol. The molecule has 1 saturated carbocycles. The summed E-state index contributed by atoms with van der Waals surface area (Å²) in [5.41, 5.74) is 2.22. The van der Waals surface area contributed by atoms with Crippen LogP contribution < -0.4 is 10.2 Å². The molecule has 1 spiro atoms. The van der Waals surface area contributed by atoms with Gasteiger partial charge in [0.2, 0.25) is 0 Å². The van der Waals surface area contributed by atoms with Gasteiger partial charge in [0.1, 0.15) is 5.82 Å². The normalized spacial score (nSPS) is 22.7. The van der Waals surface area contributed by atoms with Gasteiger partial charge >= 0.3 is 0 Å². The molecule has 1 aromatic rings. The molecule has 19 heavy (non-hydrogen) atoms. The Morgan fingerprint density at radius 1 is 1.21 bits per heavy atom. The van der Waals surface area contributed by atoms with Crippen molar-refractivity contribution in [2.24, 2.45) is 0 Å². The van der Waals surface area contributed by atoms with E-state index in [-0.39, 0.29) is 5.82 Å². The van der Waals surface area contributed by atoms with Crippen molar-refractivity contribution in [2.45, 2.75) is 44.6 Å². The van der Waals surface area contributed by atoms with E-state index in [1.54, 1.807) is 6.07 Å². The molecular formula is C16H23FN2. The van der Waals surface area contributed by atoms with Crippen LogP contribution in [0.3, 0.4) is 0 Å². The summed E-state index contributed by atoms with van der Waals surface area (Å²) in [6, 6.07) is 5.52. The molecule has 3 rings (SSSR count). The van der Waals surface area contributed by atoms with Crippen molar-refractivity contribution in [1.82, 2.24) is 5.32 Å². The van der Waals surface area contributed by atoms with Gasteiger partial charge in [-0.3, -0.25) is 0 Å². The van der Waals surface area contributed by atoms with Gasteiger partial charge in [-0.25, -0.2) is 4.39 Å². The zero-order valence-electron chi connectivity index (χ0n) is 11.7. The van der Waals surface area contributed by atoms with Crippen LogP contribution in [0.4, 0.5) is 10.1 Å². The topological polar surface area (TPSA) is 15.3 Å². The Morgan fingerprint density at radius 2 is 2.00 bits per heavy atom. The maximum Gasteiger partial charge on any atom is 0.126 e. The fourth-order valence-corrected chi connectivity index (χ4v) is 3.56. The van der Waals surface area contributed by atoms with Crippen LogP contribution in [0.1, 0.15) is 37.7 Å². The van der Waals surface area contributed by atoms with Crippen molar-refractivity contribution in [2.75, 3.05) is 24.5 Å². The smallest absolute Gasteiger partial charge is 0.126 e. The lowest BCUT2D eigenvalue weighted by Crippen LogP contribution is -2.49. The fraction of sp³-hybridized carbons (Fsp3) is 0.625. The number of rotatable bonds is 1. The maximum absolute atomic E-state index is 13.4. The monoisotopic (exact) mass is 262 g/mol. The van der Waals surface area contributed by atoms with Crippen molar-refractivity contribution < 1.29 is 4.39 Å². The van der Waals surface area contributed by atoms with E-state index in [1.165, 1.54) is 31.4 Å². The first-order valence-electron chi connectivity index (χ1n) is 7.45. The van der Waals surface area contributed by atoms with Crippen molar-refractivity contribution in [1.29, 1.82) is 0 Å². The molecule has 1 aliphatic heterocycles. The van der Waals surface area contributed by atoms with E-state index >= 15 is 0 Å². The van der Waals surface area contributed by atoms with E-state index in [0.29, 0.717) is 5.54 Å². The van der Waals surface area contributed by atoms with Crippen molar-refractivity contribution in [3.05, 3.63) is 29.6 Å². The summed E-state index contributed by atoms with van der Waals surface area (Å²) in [5.74, 6) is -0.104. The van der Waals surface area contributed by atoms with Crippen LogP contribution in [0.2, 0.25) is 0 Å². The summed E-state index contributed by atoms with van der Waals surface area (Å²) in [5, 5.41) is 3.77. The Bertz CT molecular complexity index is 452. The summed E-state index contributed by atoms with van der Waals surface area (Å²) in [6.07, 6.45) is 6.40. The lowest BCUT2D eigenvalue weighted by Gasteiger charge is -2.34. The largest absolute Gasteiger partial charge is 0.370 e. The predicted molar refractivity (Wildman–Crippen MR) is 77.2 cm³/mol. The molecular weight excluding hydrogens is 239 g/mol. The molecule has 0 radical (unpaired) electrons. The molecule has 2 nitrogen and oxygen atoms in total. The first kappa shape index (κ1) is 12.9. The van der Waals surface area contributed by atoms with Crippen LogP contribution in [0, 0.1) is 12.7 Å². The van der Waals surface area contributed by atoms with Gasteiger partial charge in [-0.15, -0.1) is 0 Å². The molecule has 0 unspecified atom stereocenters. The van der Waals surface area contributed by atoms with Crippen molar-refractivity contribution in [3.63, 3.8) is 0 Å². The van der Waals surface area contributed by atoms with Gasteiger partial charge in [0, 0.05) is 24.3 Å². The van der Waals surface area contributed by atoms with Crippen LogP contribution in [0.25, 0.3) is 0 Å². The standard InChI is InChI=1S/C16H23FN2/c1-13-11-14(5-6-15(13)17)19-10-4-9-18-16(12-19)7-2-3-8-16/h5-6,11,18H,2-4,7-10,12H2,1H3. The third-order valence-corrected chi connectivity index (χ3v) is 4.67. The molecule has 0 atom stereocenters. The number of halogens is 1. The van der Waals surface area contributed by atoms with Gasteiger partial charge in [0.25, 0.3) is 0 Å². The summed E-state index contributed by atoms with van der Waals surface area (Å²) in [4.78, 5) is 2.44. The Labute approximate surface area is 115 Å². The minimum atomic E-state index is -0.104. The van der Waals surface area contributed by atoms with E-state index in [0.717, 1.165) is 31.6 Å². The predicted octanol–water partition coefficient (Wildman–Crippen LogP) is 3.25. The molecule has 3 heteroatoms. The van der Waals surface area contributed by atoms with Gasteiger partial charge in [-0.05, 0) is 56.5 Å². The van der Waals surface area contributed by atoms with Crippen molar-refractivity contribution >= 4 is 5.69 Å². The van der Waals surface area contributed by atoms with Gasteiger partial charge in [0.15, 0.2) is 0 Å². The zero-order valence-corrected chi connectivity index (χ0v) is 11.7. The molecule has 0 aromatic heterocycles. The van der Waals surface area contributed by atoms with E-state index in [4.69, 9.17) is 0 Å². The highest BCUT2D eigenvalue weighted by atomic mass is 19.1. The number of hydrogen-bond acceptors (Lipinski definition) is 2. The number of nitrogens with one attached hydrogen (secondary N) is 1. The summed E-state index contributed by atoms with van der Waals surface area (Å²) in [7, 11) is 0. The molecule has 0 bridgehead atoms. The van der Waals surface area contributed by atoms with Crippen LogP contribution in [-0.2, 0) is 0 Å². The SMILES string of the molecule is Cc1cc(N2CCCNC3(CCCC3)C2)ccc1F. The van der Waals surface area contributed by atoms with Gasteiger partial charge in [-0.2, -0.15) is 0 Å². The molecule has 0 amide bonds. The number of benzene rings is 1. The third-order valence-electron chi connectivity index (χ3n) is 4.67. The Kier molecular flexibility index (Phi) is 3.48. The molecule has 1 aromatic carbocycles. The molecule has 104 valence electrons. The fourth-order valence-electron chi connectivity index (χ4n) is 3.56. The summed E-state index contributed by atoms with van der Waals surface area (Å²) >= 11 is 0. The van der Waals surface area contributed by atoms with Crippen LogP contribution >= 0.6 is 0 Å². The Morgan fingerprint density at radius 3 is 2.74 bits per heavy atom. The number of aryl methyl sites for hydroxylation is 1. The highest BCUT2D eigenvalue weighted by Crippen LogP contribution is 2.33. The summed E-state index contributed by atoms with van der Waals surface area (Å²) in [6.45, 7) is 5.09. The van der Waals surface area contributed by atoms with E-state index < -0.39 is 0 Å². The minimum absolute atomic E-state index is 0.104. The molecule has 2 fully saturated rings. The summed E-state index contributed by atoms with van der Waals surface area (Å²) < 4.78 is 13.4. The van der Waals surface area contributed by atoms with E-state index in [1.807, 2.05) is 19.1 Å². The first-order valence-corrected chi connectivity index (χ1v) is 7.45. The third kappa shape index (κ3) is 2.62. The molecule has 1 saturated heterocycles. The number of nitrogens with zero attached hydrogens (tertiary/aromatic N) is 1. The van der Waals surface area contributed by atoms with Gasteiger partial charge < -0.3 is 10.2 Å². The first-order chi connectivity index (χ1) is 9.19. The zero-order chi connectivity index (χ0) is 13.3. The molecule has 2 aliphatic rings. The lowest BCUT2D eigenvalue weighted by molar-refractivity contribution is 0.354.